The monoisotopic (exact) mass is 182 g/mol. The number of hydrogen-bond donors (Lipinski definition) is 1. The van der Waals surface area contributed by atoms with Crippen molar-refractivity contribution in [2.45, 2.75) is 58.0 Å². The predicted molar refractivity (Wildman–Crippen MR) is 54.5 cm³/mol. The van der Waals surface area contributed by atoms with Crippen molar-refractivity contribution in [3.63, 3.8) is 0 Å². The van der Waals surface area contributed by atoms with Gasteiger partial charge in [0.15, 0.2) is 0 Å². The van der Waals surface area contributed by atoms with Crippen molar-refractivity contribution in [1.82, 2.24) is 0 Å². The average Bonchev–Trinajstić information content (AvgIpc) is 2.06. The third-order valence-electron chi connectivity index (χ3n) is 4.44. The minimum Gasteiger partial charge on any atom is -0.390 e. The van der Waals surface area contributed by atoms with E-state index >= 15 is 0 Å². The van der Waals surface area contributed by atoms with Crippen molar-refractivity contribution in [3.8, 4) is 0 Å². The van der Waals surface area contributed by atoms with E-state index in [0.717, 1.165) is 18.3 Å². The molecule has 0 spiro atoms. The molecular weight excluding hydrogens is 160 g/mol. The maximum absolute atomic E-state index is 10.3. The summed E-state index contributed by atoms with van der Waals surface area (Å²) in [5, 5.41) is 10.3. The summed E-state index contributed by atoms with van der Waals surface area (Å²) in [6.45, 7) is 4.43. The van der Waals surface area contributed by atoms with Crippen LogP contribution >= 0.6 is 0 Å². The lowest BCUT2D eigenvalue weighted by atomic mass is 9.60. The summed E-state index contributed by atoms with van der Waals surface area (Å²) in [6.07, 6.45) is 7.61. The van der Waals surface area contributed by atoms with Gasteiger partial charge in [-0.1, -0.05) is 26.2 Å². The third-order valence-corrected chi connectivity index (χ3v) is 4.44. The Balaban J connectivity index is 2.14. The smallest absolute Gasteiger partial charge is 0.0650 e. The Morgan fingerprint density at radius 3 is 2.62 bits per heavy atom. The largest absolute Gasteiger partial charge is 0.390 e. The summed E-state index contributed by atoms with van der Waals surface area (Å²) in [5.74, 6) is 2.27. The van der Waals surface area contributed by atoms with Gasteiger partial charge in [-0.05, 0) is 43.9 Å². The van der Waals surface area contributed by atoms with Crippen LogP contribution in [-0.4, -0.2) is 10.7 Å². The van der Waals surface area contributed by atoms with Crippen LogP contribution in [0.2, 0.25) is 0 Å². The fourth-order valence-corrected chi connectivity index (χ4v) is 3.62. The number of hydrogen-bond acceptors (Lipinski definition) is 1. The van der Waals surface area contributed by atoms with Gasteiger partial charge in [-0.15, -0.1) is 0 Å². The van der Waals surface area contributed by atoms with Gasteiger partial charge in [0.05, 0.1) is 5.60 Å². The van der Waals surface area contributed by atoms with E-state index in [4.69, 9.17) is 0 Å². The lowest BCUT2D eigenvalue weighted by Gasteiger charge is -2.48. The minimum atomic E-state index is -0.350. The van der Waals surface area contributed by atoms with Gasteiger partial charge in [0.1, 0.15) is 0 Å². The molecule has 2 aliphatic rings. The van der Waals surface area contributed by atoms with Crippen LogP contribution in [-0.2, 0) is 0 Å². The molecular formula is C12H22O. The highest BCUT2D eigenvalue weighted by molar-refractivity contribution is 4.94. The Kier molecular flexibility index (Phi) is 2.39. The second-order valence-electron chi connectivity index (χ2n) is 5.43. The van der Waals surface area contributed by atoms with E-state index < -0.39 is 0 Å². The Morgan fingerprint density at radius 2 is 1.92 bits per heavy atom. The zero-order valence-electron chi connectivity index (χ0n) is 8.92. The van der Waals surface area contributed by atoms with Crippen LogP contribution in [0.15, 0.2) is 0 Å². The highest BCUT2D eigenvalue weighted by Gasteiger charge is 2.43. The molecule has 13 heavy (non-hydrogen) atoms. The highest BCUT2D eigenvalue weighted by Crippen LogP contribution is 2.48. The van der Waals surface area contributed by atoms with Crippen molar-refractivity contribution in [2.75, 3.05) is 0 Å². The second kappa shape index (κ2) is 3.27. The topological polar surface area (TPSA) is 20.2 Å². The molecule has 0 aromatic rings. The van der Waals surface area contributed by atoms with Crippen LogP contribution in [0.3, 0.4) is 0 Å². The first-order chi connectivity index (χ1) is 6.11. The lowest BCUT2D eigenvalue weighted by Crippen LogP contribution is -2.46. The molecule has 2 fully saturated rings. The summed E-state index contributed by atoms with van der Waals surface area (Å²) in [7, 11) is 0. The van der Waals surface area contributed by atoms with Crippen LogP contribution in [0.25, 0.3) is 0 Å². The predicted octanol–water partition coefficient (Wildman–Crippen LogP) is 2.97. The first kappa shape index (κ1) is 9.51. The quantitative estimate of drug-likeness (QED) is 0.610. The Hall–Kier alpha value is -0.0400. The molecule has 2 saturated carbocycles. The summed E-state index contributed by atoms with van der Waals surface area (Å²) in [4.78, 5) is 0. The van der Waals surface area contributed by atoms with Gasteiger partial charge in [-0.2, -0.15) is 0 Å². The van der Waals surface area contributed by atoms with Crippen LogP contribution in [0.1, 0.15) is 52.4 Å². The van der Waals surface area contributed by atoms with Gasteiger partial charge >= 0.3 is 0 Å². The molecule has 1 N–H and O–H groups in total. The Morgan fingerprint density at radius 1 is 1.15 bits per heavy atom. The molecule has 0 amide bonds. The van der Waals surface area contributed by atoms with E-state index in [1.54, 1.807) is 0 Å². The summed E-state index contributed by atoms with van der Waals surface area (Å²) < 4.78 is 0. The zero-order chi connectivity index (χ0) is 9.47. The number of fused-ring (bicyclic) bond motifs is 1. The molecule has 0 radical (unpaired) electrons. The second-order valence-corrected chi connectivity index (χ2v) is 5.43. The van der Waals surface area contributed by atoms with Crippen molar-refractivity contribution in [3.05, 3.63) is 0 Å². The molecule has 0 saturated heterocycles. The van der Waals surface area contributed by atoms with Crippen LogP contribution in [0.5, 0.6) is 0 Å². The molecule has 0 aromatic carbocycles. The van der Waals surface area contributed by atoms with Crippen molar-refractivity contribution < 1.29 is 5.11 Å². The summed E-state index contributed by atoms with van der Waals surface area (Å²) in [5.41, 5.74) is -0.350. The molecule has 4 atom stereocenters. The summed E-state index contributed by atoms with van der Waals surface area (Å²) >= 11 is 0. The number of aliphatic hydroxyl groups is 1. The van der Waals surface area contributed by atoms with Gasteiger partial charge in [-0.3, -0.25) is 0 Å². The molecule has 0 aliphatic heterocycles. The van der Waals surface area contributed by atoms with E-state index in [1.807, 2.05) is 0 Å². The average molecular weight is 182 g/mol. The van der Waals surface area contributed by atoms with E-state index in [1.165, 1.54) is 32.1 Å². The standard InChI is InChI=1S/C12H22O/c1-9-5-3-7-11-10(9)6-4-8-12(11,2)13/h9-11,13H,3-8H2,1-2H3/t9-,10?,11?,12-/m1/s1. The molecule has 0 bridgehead atoms. The highest BCUT2D eigenvalue weighted by atomic mass is 16.3. The van der Waals surface area contributed by atoms with E-state index in [2.05, 4.69) is 13.8 Å². The van der Waals surface area contributed by atoms with Gasteiger partial charge < -0.3 is 5.11 Å². The minimum absolute atomic E-state index is 0.350. The zero-order valence-corrected chi connectivity index (χ0v) is 8.92. The Bertz CT molecular complexity index is 186. The van der Waals surface area contributed by atoms with E-state index in [-0.39, 0.29) is 5.60 Å². The fourth-order valence-electron chi connectivity index (χ4n) is 3.62. The molecule has 2 aliphatic carbocycles. The number of rotatable bonds is 0. The van der Waals surface area contributed by atoms with Crippen LogP contribution in [0.4, 0.5) is 0 Å². The van der Waals surface area contributed by atoms with Gasteiger partial charge in [-0.25, -0.2) is 0 Å². The molecule has 76 valence electrons. The third kappa shape index (κ3) is 1.63. The van der Waals surface area contributed by atoms with Gasteiger partial charge in [0, 0.05) is 0 Å². The molecule has 0 heterocycles. The maximum Gasteiger partial charge on any atom is 0.0650 e. The van der Waals surface area contributed by atoms with Crippen LogP contribution in [0, 0.1) is 17.8 Å². The lowest BCUT2D eigenvalue weighted by molar-refractivity contribution is -0.0876. The van der Waals surface area contributed by atoms with Gasteiger partial charge in [0.25, 0.3) is 0 Å². The van der Waals surface area contributed by atoms with Crippen LogP contribution < -0.4 is 0 Å². The fraction of sp³-hybridized carbons (Fsp3) is 1.00. The molecule has 2 rings (SSSR count). The van der Waals surface area contributed by atoms with Crippen molar-refractivity contribution in [1.29, 1.82) is 0 Å². The molecule has 0 aromatic heterocycles. The van der Waals surface area contributed by atoms with E-state index in [0.29, 0.717) is 5.92 Å². The first-order valence-corrected chi connectivity index (χ1v) is 5.83. The molecule has 1 heteroatoms. The van der Waals surface area contributed by atoms with E-state index in [9.17, 15) is 5.11 Å². The SMILES string of the molecule is C[C@@H]1CCCC2C1CCC[C@@]2(C)O. The van der Waals surface area contributed by atoms with Gasteiger partial charge in [0.2, 0.25) is 0 Å². The molecule has 1 nitrogen and oxygen atoms in total. The van der Waals surface area contributed by atoms with Crippen molar-refractivity contribution >= 4 is 0 Å². The Labute approximate surface area is 81.5 Å². The maximum atomic E-state index is 10.3. The van der Waals surface area contributed by atoms with Crippen molar-refractivity contribution in [2.24, 2.45) is 17.8 Å². The first-order valence-electron chi connectivity index (χ1n) is 5.83. The summed E-state index contributed by atoms with van der Waals surface area (Å²) in [6, 6.07) is 0. The molecule has 2 unspecified atom stereocenters. The normalized spacial score (nSPS) is 51.5.